The molecule has 1 fully saturated rings. The second-order valence-electron chi connectivity index (χ2n) is 4.35. The van der Waals surface area contributed by atoms with Gasteiger partial charge in [0.05, 0.1) is 23.5 Å². The average Bonchev–Trinajstić information content (AvgIpc) is 2.85. The maximum absolute atomic E-state index is 9.03. The highest BCUT2D eigenvalue weighted by atomic mass is 15.3. The summed E-state index contributed by atoms with van der Waals surface area (Å²) in [4.78, 5) is 2.25. The Morgan fingerprint density at radius 1 is 1.62 bits per heavy atom. The number of hydrogen-bond acceptors (Lipinski definition) is 3. The molecule has 1 saturated heterocycles. The van der Waals surface area contributed by atoms with Crippen molar-refractivity contribution < 1.29 is 0 Å². The molecule has 1 aromatic rings. The van der Waals surface area contributed by atoms with Gasteiger partial charge in [0.1, 0.15) is 0 Å². The fourth-order valence-electron chi connectivity index (χ4n) is 2.37. The molecule has 86 valence electrons. The van der Waals surface area contributed by atoms with Crippen molar-refractivity contribution in [1.29, 1.82) is 5.26 Å². The molecule has 1 aliphatic rings. The number of rotatable bonds is 3. The molecule has 0 bridgehead atoms. The Balaban J connectivity index is 2.11. The van der Waals surface area contributed by atoms with E-state index in [9.17, 15) is 0 Å². The zero-order valence-electron chi connectivity index (χ0n) is 9.98. The summed E-state index contributed by atoms with van der Waals surface area (Å²) in [5, 5.41) is 13.5. The fourth-order valence-corrected chi connectivity index (χ4v) is 2.37. The van der Waals surface area contributed by atoms with E-state index in [0.717, 1.165) is 38.2 Å². The molecule has 4 nitrogen and oxygen atoms in total. The van der Waals surface area contributed by atoms with E-state index >= 15 is 0 Å². The monoisotopic (exact) mass is 218 g/mol. The van der Waals surface area contributed by atoms with Crippen molar-refractivity contribution in [3.05, 3.63) is 17.5 Å². The van der Waals surface area contributed by atoms with Gasteiger partial charge in [-0.15, -0.1) is 0 Å². The van der Waals surface area contributed by atoms with Gasteiger partial charge < -0.3 is 0 Å². The largest absolute Gasteiger partial charge is 0.282 e. The lowest BCUT2D eigenvalue weighted by Gasteiger charge is -2.19. The van der Waals surface area contributed by atoms with Crippen LogP contribution in [0.1, 0.15) is 31.2 Å². The summed E-state index contributed by atoms with van der Waals surface area (Å²) < 4.78 is 2.03. The SMILES string of the molecule is CCn1nc(C)cc1CN1CCCC1C#N. The minimum atomic E-state index is 0.0977. The molecule has 0 aliphatic carbocycles. The van der Waals surface area contributed by atoms with Crippen molar-refractivity contribution in [3.63, 3.8) is 0 Å². The quantitative estimate of drug-likeness (QED) is 0.775. The lowest BCUT2D eigenvalue weighted by atomic mass is 10.2. The molecular weight excluding hydrogens is 200 g/mol. The number of hydrogen-bond donors (Lipinski definition) is 0. The lowest BCUT2D eigenvalue weighted by Crippen LogP contribution is -2.28. The van der Waals surface area contributed by atoms with E-state index in [-0.39, 0.29) is 6.04 Å². The van der Waals surface area contributed by atoms with Crippen molar-refractivity contribution in [1.82, 2.24) is 14.7 Å². The van der Waals surface area contributed by atoms with Gasteiger partial charge in [-0.25, -0.2) is 0 Å². The van der Waals surface area contributed by atoms with Gasteiger partial charge in [-0.05, 0) is 39.3 Å². The molecule has 1 aliphatic heterocycles. The van der Waals surface area contributed by atoms with Crippen molar-refractivity contribution in [2.24, 2.45) is 0 Å². The Morgan fingerprint density at radius 2 is 2.44 bits per heavy atom. The maximum atomic E-state index is 9.03. The van der Waals surface area contributed by atoms with Crippen LogP contribution in [0.15, 0.2) is 6.07 Å². The molecule has 1 aromatic heterocycles. The minimum absolute atomic E-state index is 0.0977. The predicted octanol–water partition coefficient (Wildman–Crippen LogP) is 1.70. The van der Waals surface area contributed by atoms with Crippen molar-refractivity contribution in [2.45, 2.75) is 45.8 Å². The average molecular weight is 218 g/mol. The van der Waals surface area contributed by atoms with E-state index in [0.29, 0.717) is 0 Å². The molecule has 1 unspecified atom stereocenters. The highest BCUT2D eigenvalue weighted by Crippen LogP contribution is 2.19. The van der Waals surface area contributed by atoms with Crippen molar-refractivity contribution in [2.75, 3.05) is 6.54 Å². The van der Waals surface area contributed by atoms with E-state index in [1.54, 1.807) is 0 Å². The number of likely N-dealkylation sites (tertiary alicyclic amines) is 1. The third kappa shape index (κ3) is 2.10. The van der Waals surface area contributed by atoms with Crippen molar-refractivity contribution >= 4 is 0 Å². The smallest absolute Gasteiger partial charge is 0.0981 e. The number of aryl methyl sites for hydroxylation is 2. The first-order valence-corrected chi connectivity index (χ1v) is 5.91. The van der Waals surface area contributed by atoms with Gasteiger partial charge in [-0.2, -0.15) is 10.4 Å². The van der Waals surface area contributed by atoms with Crippen molar-refractivity contribution in [3.8, 4) is 6.07 Å². The Kier molecular flexibility index (Phi) is 3.25. The van der Waals surface area contributed by atoms with Crippen LogP contribution in [0.2, 0.25) is 0 Å². The van der Waals surface area contributed by atoms with Crippen LogP contribution in [0.5, 0.6) is 0 Å². The van der Waals surface area contributed by atoms with Crippen LogP contribution in [0.25, 0.3) is 0 Å². The van der Waals surface area contributed by atoms with Crippen LogP contribution in [-0.4, -0.2) is 27.3 Å². The first-order valence-electron chi connectivity index (χ1n) is 5.91. The van der Waals surface area contributed by atoms with E-state index in [1.165, 1.54) is 5.69 Å². The Labute approximate surface area is 96.5 Å². The molecule has 1 atom stereocenters. The maximum Gasteiger partial charge on any atom is 0.0981 e. The Morgan fingerprint density at radius 3 is 3.12 bits per heavy atom. The molecule has 0 N–H and O–H groups in total. The molecule has 2 heterocycles. The van der Waals surface area contributed by atoms with E-state index in [2.05, 4.69) is 29.1 Å². The predicted molar refractivity (Wildman–Crippen MR) is 61.7 cm³/mol. The van der Waals surface area contributed by atoms with Gasteiger partial charge in [0.2, 0.25) is 0 Å². The zero-order valence-corrected chi connectivity index (χ0v) is 9.98. The number of aromatic nitrogens is 2. The van der Waals surface area contributed by atoms with E-state index in [1.807, 2.05) is 11.6 Å². The second kappa shape index (κ2) is 4.67. The van der Waals surface area contributed by atoms with Gasteiger partial charge in [0, 0.05) is 13.1 Å². The summed E-state index contributed by atoms with van der Waals surface area (Å²) >= 11 is 0. The minimum Gasteiger partial charge on any atom is -0.282 e. The Bertz CT molecular complexity index is 402. The molecule has 0 spiro atoms. The van der Waals surface area contributed by atoms with Crippen LogP contribution >= 0.6 is 0 Å². The molecular formula is C12H18N4. The summed E-state index contributed by atoms with van der Waals surface area (Å²) in [5.74, 6) is 0. The van der Waals surface area contributed by atoms with Gasteiger partial charge in [0.15, 0.2) is 0 Å². The highest BCUT2D eigenvalue weighted by molar-refractivity contribution is 5.10. The third-order valence-electron chi connectivity index (χ3n) is 3.16. The lowest BCUT2D eigenvalue weighted by molar-refractivity contribution is 0.277. The third-order valence-corrected chi connectivity index (χ3v) is 3.16. The summed E-state index contributed by atoms with van der Waals surface area (Å²) in [7, 11) is 0. The van der Waals surface area contributed by atoms with Gasteiger partial charge in [-0.1, -0.05) is 0 Å². The highest BCUT2D eigenvalue weighted by Gasteiger charge is 2.24. The molecule has 0 aromatic carbocycles. The Hall–Kier alpha value is -1.34. The first kappa shape index (κ1) is 11.2. The van der Waals surface area contributed by atoms with E-state index < -0.39 is 0 Å². The zero-order chi connectivity index (χ0) is 11.5. The summed E-state index contributed by atoms with van der Waals surface area (Å²) in [6, 6.07) is 4.59. The summed E-state index contributed by atoms with van der Waals surface area (Å²) in [5.41, 5.74) is 2.28. The molecule has 4 heteroatoms. The number of nitrogens with zero attached hydrogens (tertiary/aromatic N) is 4. The second-order valence-corrected chi connectivity index (χ2v) is 4.35. The molecule has 0 amide bonds. The fraction of sp³-hybridized carbons (Fsp3) is 0.667. The molecule has 2 rings (SSSR count). The normalized spacial score (nSPS) is 21.2. The van der Waals surface area contributed by atoms with Crippen LogP contribution in [0, 0.1) is 18.3 Å². The first-order chi connectivity index (χ1) is 7.74. The number of nitriles is 1. The van der Waals surface area contributed by atoms with E-state index in [4.69, 9.17) is 5.26 Å². The summed E-state index contributed by atoms with van der Waals surface area (Å²) in [6.45, 7) is 6.90. The summed E-state index contributed by atoms with van der Waals surface area (Å²) in [6.07, 6.45) is 2.15. The topological polar surface area (TPSA) is 44.9 Å². The van der Waals surface area contributed by atoms with Gasteiger partial charge in [0.25, 0.3) is 0 Å². The van der Waals surface area contributed by atoms with Gasteiger partial charge >= 0.3 is 0 Å². The van der Waals surface area contributed by atoms with Crippen LogP contribution in [0.3, 0.4) is 0 Å². The van der Waals surface area contributed by atoms with Crippen LogP contribution in [-0.2, 0) is 13.1 Å². The van der Waals surface area contributed by atoms with Crippen LogP contribution < -0.4 is 0 Å². The molecule has 0 radical (unpaired) electrons. The standard InChI is InChI=1S/C12H18N4/c1-3-16-12(7-10(2)14-16)9-15-6-4-5-11(15)8-13/h7,11H,3-6,9H2,1-2H3. The molecule has 16 heavy (non-hydrogen) atoms. The van der Waals surface area contributed by atoms with Crippen LogP contribution in [0.4, 0.5) is 0 Å². The molecule has 0 saturated carbocycles. The van der Waals surface area contributed by atoms with Gasteiger partial charge in [-0.3, -0.25) is 9.58 Å².